The number of nitrogens with zero attached hydrogens (tertiary/aromatic N) is 1. The molecular weight excluding hydrogens is 505 g/mol. The van der Waals surface area contributed by atoms with Crippen molar-refractivity contribution in [2.24, 2.45) is 40.4 Å². The lowest BCUT2D eigenvalue weighted by Crippen LogP contribution is -2.60. The summed E-state index contributed by atoms with van der Waals surface area (Å²) in [5, 5.41) is 0. The third kappa shape index (κ3) is 5.95. The zero-order valence-electron chi connectivity index (χ0n) is 24.1. The van der Waals surface area contributed by atoms with Crippen LogP contribution in [0.15, 0.2) is 0 Å². The Kier molecular flexibility index (Phi) is 9.21. The SMILES string of the molecule is CCCN(CCC)CC(=O)O[C@H]1C[C@]2(C)[C@@H](C(C)=O)CC[C@H]2[C@@H]2CC[C@H]3C[C@H](OP(=O)(O)O)CC[C@]3(C)[C@H]21. The van der Waals surface area contributed by atoms with Gasteiger partial charge in [0.15, 0.2) is 0 Å². The number of hydrogen-bond donors (Lipinski definition) is 2. The van der Waals surface area contributed by atoms with Gasteiger partial charge in [-0.3, -0.25) is 19.0 Å². The minimum Gasteiger partial charge on any atom is -0.461 e. The second-order valence-electron chi connectivity index (χ2n) is 13.3. The Morgan fingerprint density at radius 3 is 2.29 bits per heavy atom. The molecule has 4 fully saturated rings. The van der Waals surface area contributed by atoms with Crippen molar-refractivity contribution in [2.45, 2.75) is 111 Å². The third-order valence-electron chi connectivity index (χ3n) is 11.0. The number of ether oxygens (including phenoxy) is 1. The van der Waals surface area contributed by atoms with Crippen LogP contribution in [0.3, 0.4) is 0 Å². The van der Waals surface area contributed by atoms with Gasteiger partial charge < -0.3 is 14.5 Å². The minimum atomic E-state index is -4.53. The maximum Gasteiger partial charge on any atom is 0.469 e. The first kappa shape index (κ1) is 30.2. The second-order valence-corrected chi connectivity index (χ2v) is 14.5. The molecule has 38 heavy (non-hydrogen) atoms. The van der Waals surface area contributed by atoms with Crippen LogP contribution in [0.25, 0.3) is 0 Å². The van der Waals surface area contributed by atoms with E-state index in [1.807, 2.05) is 0 Å². The number of phosphoric ester groups is 1. The van der Waals surface area contributed by atoms with E-state index in [4.69, 9.17) is 9.26 Å². The number of ketones is 1. The molecular formula is C29H50NO7P. The molecule has 4 saturated carbocycles. The number of rotatable bonds is 10. The number of esters is 1. The highest BCUT2D eigenvalue weighted by molar-refractivity contribution is 7.46. The van der Waals surface area contributed by atoms with Crippen LogP contribution in [0.2, 0.25) is 0 Å². The molecule has 9 heteroatoms. The summed E-state index contributed by atoms with van der Waals surface area (Å²) in [6.07, 6.45) is 7.99. The highest BCUT2D eigenvalue weighted by atomic mass is 31.2. The van der Waals surface area contributed by atoms with Gasteiger partial charge in [-0.25, -0.2) is 4.57 Å². The van der Waals surface area contributed by atoms with Crippen molar-refractivity contribution in [3.63, 3.8) is 0 Å². The fourth-order valence-electron chi connectivity index (χ4n) is 9.67. The summed E-state index contributed by atoms with van der Waals surface area (Å²) >= 11 is 0. The Bertz CT molecular complexity index is 917. The van der Waals surface area contributed by atoms with Gasteiger partial charge in [0.1, 0.15) is 11.9 Å². The highest BCUT2D eigenvalue weighted by Gasteiger charge is 2.64. The van der Waals surface area contributed by atoms with Crippen molar-refractivity contribution in [1.29, 1.82) is 0 Å². The van der Waals surface area contributed by atoms with Crippen LogP contribution in [-0.4, -0.2) is 58.3 Å². The Labute approximate surface area is 228 Å². The van der Waals surface area contributed by atoms with Crippen molar-refractivity contribution in [3.8, 4) is 0 Å². The summed E-state index contributed by atoms with van der Waals surface area (Å²) in [4.78, 5) is 47.1. The van der Waals surface area contributed by atoms with E-state index < -0.39 is 13.9 Å². The first-order valence-electron chi connectivity index (χ1n) is 15.0. The van der Waals surface area contributed by atoms with Crippen molar-refractivity contribution in [2.75, 3.05) is 19.6 Å². The average molecular weight is 556 g/mol. The number of hydrogen-bond acceptors (Lipinski definition) is 6. The summed E-state index contributed by atoms with van der Waals surface area (Å²) < 4.78 is 23.2. The van der Waals surface area contributed by atoms with Crippen LogP contribution < -0.4 is 0 Å². The Morgan fingerprint density at radius 1 is 1.00 bits per heavy atom. The number of carbonyl (C=O) groups excluding carboxylic acids is 2. The van der Waals surface area contributed by atoms with Crippen molar-refractivity contribution in [3.05, 3.63) is 0 Å². The van der Waals surface area contributed by atoms with Gasteiger partial charge in [-0.1, -0.05) is 27.7 Å². The first-order valence-corrected chi connectivity index (χ1v) is 16.5. The van der Waals surface area contributed by atoms with Crippen molar-refractivity contribution in [1.82, 2.24) is 4.90 Å². The maximum absolute atomic E-state index is 13.4. The molecule has 0 aromatic carbocycles. The first-order chi connectivity index (χ1) is 17.8. The summed E-state index contributed by atoms with van der Waals surface area (Å²) in [6, 6.07) is 0. The van der Waals surface area contributed by atoms with Crippen LogP contribution in [0.4, 0.5) is 0 Å². The van der Waals surface area contributed by atoms with E-state index in [-0.39, 0.29) is 46.4 Å². The largest absolute Gasteiger partial charge is 0.469 e. The van der Waals surface area contributed by atoms with Crippen molar-refractivity contribution >= 4 is 19.6 Å². The van der Waals surface area contributed by atoms with Gasteiger partial charge in [-0.15, -0.1) is 0 Å². The zero-order valence-corrected chi connectivity index (χ0v) is 25.0. The van der Waals surface area contributed by atoms with Gasteiger partial charge in [0.05, 0.1) is 12.6 Å². The molecule has 4 rings (SSSR count). The molecule has 8 nitrogen and oxygen atoms in total. The average Bonchev–Trinajstić information content (AvgIpc) is 3.15. The van der Waals surface area contributed by atoms with Crippen LogP contribution in [0, 0.1) is 40.4 Å². The van der Waals surface area contributed by atoms with Crippen LogP contribution in [-0.2, 0) is 23.4 Å². The molecule has 2 N–H and O–H groups in total. The maximum atomic E-state index is 13.4. The molecule has 4 aliphatic rings. The van der Waals surface area contributed by atoms with E-state index in [1.54, 1.807) is 6.92 Å². The summed E-state index contributed by atoms with van der Waals surface area (Å²) in [6.45, 7) is 12.6. The molecule has 0 saturated heterocycles. The molecule has 0 amide bonds. The van der Waals surface area contributed by atoms with E-state index in [9.17, 15) is 23.9 Å². The zero-order chi connectivity index (χ0) is 27.9. The normalized spacial score (nSPS) is 40.8. The van der Waals surface area contributed by atoms with Gasteiger partial charge in [0.25, 0.3) is 0 Å². The summed E-state index contributed by atoms with van der Waals surface area (Å²) in [5.74, 6) is 1.39. The van der Waals surface area contributed by atoms with Gasteiger partial charge >= 0.3 is 13.8 Å². The fourth-order valence-corrected chi connectivity index (χ4v) is 10.2. The monoisotopic (exact) mass is 555 g/mol. The smallest absolute Gasteiger partial charge is 0.461 e. The van der Waals surface area contributed by atoms with E-state index in [0.29, 0.717) is 31.2 Å². The molecule has 0 spiro atoms. The number of phosphoric acid groups is 1. The molecule has 0 aromatic heterocycles. The third-order valence-corrected chi connectivity index (χ3v) is 11.6. The quantitative estimate of drug-likeness (QED) is 0.274. The molecule has 0 unspecified atom stereocenters. The van der Waals surface area contributed by atoms with Gasteiger partial charge in [0.2, 0.25) is 0 Å². The van der Waals surface area contributed by atoms with E-state index in [1.165, 1.54) is 0 Å². The van der Waals surface area contributed by atoms with Crippen LogP contribution in [0.5, 0.6) is 0 Å². The summed E-state index contributed by atoms with van der Waals surface area (Å²) in [5.41, 5.74) is -0.251. The predicted molar refractivity (Wildman–Crippen MR) is 145 cm³/mol. The lowest BCUT2D eigenvalue weighted by molar-refractivity contribution is -0.199. The molecule has 4 aliphatic carbocycles. The molecule has 0 heterocycles. The van der Waals surface area contributed by atoms with Crippen molar-refractivity contribution < 1.29 is 33.2 Å². The standard InChI is InChI=1S/C29H50NO7P/c1-6-14-30(15-7-2)18-26(32)36-25-17-29(5)23(19(3)31)10-11-24(29)22-9-8-20-16-21(37-38(33,34)35)12-13-28(20,4)27(22)25/h20-25,27H,6-18H2,1-5H3,(H2,33,34,35)/t20-,21+,22-,23+,24-,25-,27+,28-,29+/m0/s1. The number of fused-ring (bicyclic) bond motifs is 5. The number of carbonyl (C=O) groups is 2. The minimum absolute atomic E-state index is 0.0178. The van der Waals surface area contributed by atoms with E-state index in [0.717, 1.165) is 64.5 Å². The molecule has 218 valence electrons. The molecule has 0 aliphatic heterocycles. The van der Waals surface area contributed by atoms with Gasteiger partial charge in [0, 0.05) is 11.8 Å². The van der Waals surface area contributed by atoms with Crippen LogP contribution in [0.1, 0.15) is 98.8 Å². The van der Waals surface area contributed by atoms with E-state index >= 15 is 0 Å². The van der Waals surface area contributed by atoms with Gasteiger partial charge in [-0.05, 0) is 113 Å². The molecule has 0 bridgehead atoms. The fraction of sp³-hybridized carbons (Fsp3) is 0.931. The topological polar surface area (TPSA) is 113 Å². The van der Waals surface area contributed by atoms with E-state index in [2.05, 4.69) is 32.6 Å². The molecule has 0 aromatic rings. The second kappa shape index (κ2) is 11.6. The lowest BCUT2D eigenvalue weighted by Gasteiger charge is -2.62. The molecule has 9 atom stereocenters. The highest BCUT2D eigenvalue weighted by Crippen LogP contribution is 2.68. The molecule has 0 radical (unpaired) electrons. The predicted octanol–water partition coefficient (Wildman–Crippen LogP) is 5.36. The van der Waals surface area contributed by atoms with Gasteiger partial charge in [-0.2, -0.15) is 0 Å². The van der Waals surface area contributed by atoms with Crippen LogP contribution >= 0.6 is 7.82 Å². The Hall–Kier alpha value is -0.790. The Balaban J connectivity index is 1.61. The lowest BCUT2D eigenvalue weighted by atomic mass is 9.43. The number of Topliss-reactive ketones (excluding diaryl/α,β-unsaturated/α-hetero) is 1. The Morgan fingerprint density at radius 2 is 1.68 bits per heavy atom. The summed E-state index contributed by atoms with van der Waals surface area (Å²) in [7, 11) is -4.53.